The number of amides is 3. The predicted octanol–water partition coefficient (Wildman–Crippen LogP) is 1.83. The molecule has 1 aromatic rings. The van der Waals surface area contributed by atoms with Gasteiger partial charge in [-0.2, -0.15) is 0 Å². The molecule has 3 amide bonds. The molecule has 1 N–H and O–H groups in total. The molecule has 7 nitrogen and oxygen atoms in total. The maximum absolute atomic E-state index is 12.5. The quantitative estimate of drug-likeness (QED) is 0.915. The van der Waals surface area contributed by atoms with Crippen molar-refractivity contribution >= 4 is 11.9 Å². The highest BCUT2D eigenvalue weighted by molar-refractivity contribution is 5.80. The summed E-state index contributed by atoms with van der Waals surface area (Å²) in [6.07, 6.45) is 1.39. The van der Waals surface area contributed by atoms with Gasteiger partial charge in [-0.3, -0.25) is 4.79 Å². The first-order chi connectivity index (χ1) is 11.3. The van der Waals surface area contributed by atoms with E-state index in [-0.39, 0.29) is 23.4 Å². The number of rotatable bonds is 3. The Morgan fingerprint density at radius 2 is 2.12 bits per heavy atom. The normalized spacial score (nSPS) is 23.8. The first-order valence-electron chi connectivity index (χ1n) is 8.55. The fourth-order valence-corrected chi connectivity index (χ4v) is 3.76. The molecule has 2 fully saturated rings. The van der Waals surface area contributed by atoms with Gasteiger partial charge in [-0.15, -0.1) is 0 Å². The van der Waals surface area contributed by atoms with Crippen LogP contribution in [-0.4, -0.2) is 52.6 Å². The number of aromatic nitrogens is 1. The number of hydrogen-bond donors (Lipinski definition) is 1. The van der Waals surface area contributed by atoms with Crippen LogP contribution < -0.4 is 5.32 Å². The van der Waals surface area contributed by atoms with Gasteiger partial charge in [-0.1, -0.05) is 5.16 Å². The zero-order chi connectivity index (χ0) is 17.5. The van der Waals surface area contributed by atoms with E-state index >= 15 is 0 Å². The number of urea groups is 1. The fourth-order valence-electron chi connectivity index (χ4n) is 3.76. The minimum Gasteiger partial charge on any atom is -0.361 e. The highest BCUT2D eigenvalue weighted by Crippen LogP contribution is 2.40. The van der Waals surface area contributed by atoms with E-state index in [0.29, 0.717) is 32.6 Å². The van der Waals surface area contributed by atoms with Gasteiger partial charge in [0.1, 0.15) is 5.76 Å². The van der Waals surface area contributed by atoms with E-state index in [4.69, 9.17) is 4.52 Å². The number of hydrogen-bond acceptors (Lipinski definition) is 4. The molecule has 24 heavy (non-hydrogen) atoms. The lowest BCUT2D eigenvalue weighted by molar-refractivity contribution is -0.128. The van der Waals surface area contributed by atoms with Crippen molar-refractivity contribution in [3.63, 3.8) is 0 Å². The van der Waals surface area contributed by atoms with E-state index in [9.17, 15) is 9.59 Å². The van der Waals surface area contributed by atoms with Crippen LogP contribution in [0.25, 0.3) is 0 Å². The molecule has 0 radical (unpaired) electrons. The number of carbonyl (C=O) groups excluding carboxylic acids is 2. The number of likely N-dealkylation sites (tertiary alicyclic amines) is 2. The summed E-state index contributed by atoms with van der Waals surface area (Å²) in [5.74, 6) is 0.923. The van der Waals surface area contributed by atoms with Gasteiger partial charge in [0.25, 0.3) is 0 Å². The van der Waals surface area contributed by atoms with Crippen LogP contribution in [-0.2, 0) is 11.3 Å². The maximum atomic E-state index is 12.5. The molecule has 1 spiro atoms. The van der Waals surface area contributed by atoms with E-state index in [0.717, 1.165) is 23.4 Å². The van der Waals surface area contributed by atoms with E-state index in [1.807, 2.05) is 37.5 Å². The van der Waals surface area contributed by atoms with Crippen molar-refractivity contribution < 1.29 is 14.1 Å². The second kappa shape index (κ2) is 6.11. The third-order valence-corrected chi connectivity index (χ3v) is 5.07. The van der Waals surface area contributed by atoms with Crippen LogP contribution >= 0.6 is 0 Å². The van der Waals surface area contributed by atoms with Crippen molar-refractivity contribution in [2.45, 2.75) is 53.1 Å². The third kappa shape index (κ3) is 3.12. The summed E-state index contributed by atoms with van der Waals surface area (Å²) < 4.78 is 5.19. The summed E-state index contributed by atoms with van der Waals surface area (Å²) in [6, 6.07) is 0.0915. The molecule has 7 heteroatoms. The molecular weight excluding hydrogens is 308 g/mol. The second-order valence-corrected chi connectivity index (χ2v) is 7.51. The van der Waals surface area contributed by atoms with Crippen molar-refractivity contribution in [2.24, 2.45) is 5.41 Å². The average molecular weight is 334 g/mol. The maximum Gasteiger partial charge on any atom is 0.317 e. The monoisotopic (exact) mass is 334 g/mol. The molecule has 0 aromatic carbocycles. The summed E-state index contributed by atoms with van der Waals surface area (Å²) in [4.78, 5) is 28.4. The molecule has 2 aliphatic heterocycles. The van der Waals surface area contributed by atoms with Crippen LogP contribution in [0.5, 0.6) is 0 Å². The lowest BCUT2D eigenvalue weighted by atomic mass is 9.86. The van der Waals surface area contributed by atoms with Gasteiger partial charge >= 0.3 is 6.03 Å². The number of carbonyl (C=O) groups is 2. The van der Waals surface area contributed by atoms with E-state index in [1.54, 1.807) is 0 Å². The first kappa shape index (κ1) is 16.8. The number of aryl methyl sites for hydroxylation is 2. The lowest BCUT2D eigenvalue weighted by Crippen LogP contribution is -2.43. The van der Waals surface area contributed by atoms with Crippen LogP contribution in [0.2, 0.25) is 0 Å². The zero-order valence-corrected chi connectivity index (χ0v) is 14.9. The summed E-state index contributed by atoms with van der Waals surface area (Å²) in [6.45, 7) is 10.3. The van der Waals surface area contributed by atoms with Crippen molar-refractivity contribution in [1.82, 2.24) is 20.3 Å². The molecule has 1 atom stereocenters. The molecule has 3 rings (SSSR count). The molecule has 3 heterocycles. The molecule has 0 bridgehead atoms. The van der Waals surface area contributed by atoms with E-state index in [2.05, 4.69) is 10.5 Å². The van der Waals surface area contributed by atoms with Gasteiger partial charge in [0, 0.05) is 43.1 Å². The highest BCUT2D eigenvalue weighted by Gasteiger charge is 2.48. The molecule has 0 aliphatic carbocycles. The Morgan fingerprint density at radius 3 is 2.75 bits per heavy atom. The van der Waals surface area contributed by atoms with Gasteiger partial charge in [0.2, 0.25) is 5.91 Å². The minimum absolute atomic E-state index is 0.0292. The van der Waals surface area contributed by atoms with Crippen LogP contribution in [0.15, 0.2) is 4.52 Å². The Bertz CT molecular complexity index is 635. The van der Waals surface area contributed by atoms with E-state index in [1.165, 1.54) is 0 Å². The highest BCUT2D eigenvalue weighted by atomic mass is 16.5. The predicted molar refractivity (Wildman–Crippen MR) is 88.3 cm³/mol. The molecule has 1 unspecified atom stereocenters. The Labute approximate surface area is 142 Å². The number of nitrogens with one attached hydrogen (secondary N) is 1. The summed E-state index contributed by atoms with van der Waals surface area (Å²) in [5.41, 5.74) is 1.73. The molecule has 0 saturated carbocycles. The third-order valence-electron chi connectivity index (χ3n) is 5.07. The van der Waals surface area contributed by atoms with Crippen LogP contribution in [0.4, 0.5) is 4.79 Å². The van der Waals surface area contributed by atoms with Crippen molar-refractivity contribution in [1.29, 1.82) is 0 Å². The van der Waals surface area contributed by atoms with Gasteiger partial charge in [-0.05, 0) is 34.1 Å². The van der Waals surface area contributed by atoms with Crippen molar-refractivity contribution in [3.05, 3.63) is 17.0 Å². The van der Waals surface area contributed by atoms with Gasteiger partial charge in [0.15, 0.2) is 0 Å². The molecular formula is C17H26N4O3. The topological polar surface area (TPSA) is 78.7 Å². The fraction of sp³-hybridized carbons (Fsp3) is 0.706. The summed E-state index contributed by atoms with van der Waals surface area (Å²) >= 11 is 0. The Kier molecular flexibility index (Phi) is 4.27. The van der Waals surface area contributed by atoms with Crippen LogP contribution in [0, 0.1) is 19.3 Å². The largest absolute Gasteiger partial charge is 0.361 e. The SMILES string of the molecule is Cc1noc(C)c1CN1CC2(CCN(C(=O)NC(C)C)C2)CC1=O. The lowest BCUT2D eigenvalue weighted by Gasteiger charge is -2.24. The zero-order valence-electron chi connectivity index (χ0n) is 14.9. The summed E-state index contributed by atoms with van der Waals surface area (Å²) in [5, 5.41) is 6.89. The average Bonchev–Trinajstić information content (AvgIpc) is 3.14. The Balaban J connectivity index is 1.66. The van der Waals surface area contributed by atoms with Crippen LogP contribution in [0.3, 0.4) is 0 Å². The molecule has 2 saturated heterocycles. The molecule has 132 valence electrons. The van der Waals surface area contributed by atoms with Crippen LogP contribution in [0.1, 0.15) is 43.7 Å². The van der Waals surface area contributed by atoms with Crippen molar-refractivity contribution in [2.75, 3.05) is 19.6 Å². The Hall–Kier alpha value is -2.05. The van der Waals surface area contributed by atoms with Gasteiger partial charge in [-0.25, -0.2) is 4.79 Å². The van der Waals surface area contributed by atoms with E-state index < -0.39 is 0 Å². The number of nitrogens with zero attached hydrogens (tertiary/aromatic N) is 3. The Morgan fingerprint density at radius 1 is 1.38 bits per heavy atom. The second-order valence-electron chi connectivity index (χ2n) is 7.51. The molecule has 2 aliphatic rings. The smallest absolute Gasteiger partial charge is 0.317 e. The standard InChI is InChI=1S/C17H26N4O3/c1-11(2)18-16(23)20-6-5-17(9-20)7-15(22)21(10-17)8-14-12(3)19-24-13(14)4/h11H,5-10H2,1-4H3,(H,18,23). The van der Waals surface area contributed by atoms with Crippen molar-refractivity contribution in [3.8, 4) is 0 Å². The minimum atomic E-state index is -0.107. The molecule has 1 aromatic heterocycles. The first-order valence-corrected chi connectivity index (χ1v) is 8.55. The van der Waals surface area contributed by atoms with Gasteiger partial charge < -0.3 is 19.6 Å². The summed E-state index contributed by atoms with van der Waals surface area (Å²) in [7, 11) is 0. The van der Waals surface area contributed by atoms with Gasteiger partial charge in [0.05, 0.1) is 12.2 Å².